The van der Waals surface area contributed by atoms with Gasteiger partial charge in [0.1, 0.15) is 5.54 Å². The van der Waals surface area contributed by atoms with Crippen molar-refractivity contribution < 1.29 is 0 Å². The van der Waals surface area contributed by atoms with Crippen molar-refractivity contribution in [2.75, 3.05) is 22.9 Å². The minimum Gasteiger partial charge on any atom is -0.322 e. The zero-order valence-corrected chi connectivity index (χ0v) is 21.1. The van der Waals surface area contributed by atoms with Crippen molar-refractivity contribution in [3.63, 3.8) is 0 Å². The van der Waals surface area contributed by atoms with E-state index in [4.69, 9.17) is 0 Å². The molecule has 0 radical (unpaired) electrons. The molecule has 0 bridgehead atoms. The Morgan fingerprint density at radius 3 is 1.07 bits per heavy atom. The van der Waals surface area contributed by atoms with Gasteiger partial charge in [-0.1, -0.05) is 101 Å². The highest BCUT2D eigenvalue weighted by Crippen LogP contribution is 2.41. The standard InChI is InChI=1S/C27H39N2P/c1-17(2)21-11-9-12-22(18(3)4)25(21)28-15-16-29(27(28)30)26-23(19(5)6)13-10-14-24(26)20(7)8/h9-14,17-20,30H,15-16H2,1-8H3. The first-order valence-electron chi connectivity index (χ1n) is 11.5. The van der Waals surface area contributed by atoms with Crippen LogP contribution in [0.15, 0.2) is 36.4 Å². The number of rotatable bonds is 6. The molecule has 1 saturated heterocycles. The molecule has 0 saturated carbocycles. The highest BCUT2D eigenvalue weighted by molar-refractivity contribution is 7.22. The first-order valence-corrected chi connectivity index (χ1v) is 12.0. The van der Waals surface area contributed by atoms with Crippen molar-refractivity contribution in [2.45, 2.75) is 79.1 Å². The lowest BCUT2D eigenvalue weighted by Crippen LogP contribution is -2.34. The molecule has 1 aliphatic heterocycles. The maximum absolute atomic E-state index is 4.11. The molecular weight excluding hydrogens is 383 g/mol. The van der Waals surface area contributed by atoms with Gasteiger partial charge in [0.2, 0.25) is 0 Å². The van der Waals surface area contributed by atoms with Crippen molar-refractivity contribution in [2.24, 2.45) is 0 Å². The second-order valence-corrected chi connectivity index (χ2v) is 10.3. The minimum absolute atomic E-state index is 0.487. The van der Waals surface area contributed by atoms with E-state index < -0.39 is 0 Å². The largest absolute Gasteiger partial charge is 0.322 e. The fourth-order valence-electron chi connectivity index (χ4n) is 4.64. The second-order valence-electron chi connectivity index (χ2n) is 9.82. The highest BCUT2D eigenvalue weighted by atomic mass is 31.0. The Labute approximate surface area is 186 Å². The van der Waals surface area contributed by atoms with E-state index in [1.54, 1.807) is 0 Å². The van der Waals surface area contributed by atoms with Crippen LogP contribution in [0, 0.1) is 0 Å². The van der Waals surface area contributed by atoms with Gasteiger partial charge in [-0.25, -0.2) is 0 Å². The Morgan fingerprint density at radius 1 is 0.567 bits per heavy atom. The molecule has 3 heteroatoms. The molecule has 1 aliphatic rings. The lowest BCUT2D eigenvalue weighted by Gasteiger charge is -2.32. The molecule has 0 N–H and O–H groups in total. The number of hydrogen-bond donors (Lipinski definition) is 0. The third-order valence-corrected chi connectivity index (χ3v) is 6.82. The van der Waals surface area contributed by atoms with E-state index >= 15 is 0 Å². The van der Waals surface area contributed by atoms with Gasteiger partial charge in [-0.3, -0.25) is 0 Å². The summed E-state index contributed by atoms with van der Waals surface area (Å²) in [5.74, 6) is 1.95. The van der Waals surface area contributed by atoms with Crippen LogP contribution < -0.4 is 9.80 Å². The molecular formula is C27H39N2P. The highest BCUT2D eigenvalue weighted by Gasteiger charge is 2.32. The van der Waals surface area contributed by atoms with E-state index in [2.05, 4.69) is 110 Å². The normalized spacial score (nSPS) is 14.9. The van der Waals surface area contributed by atoms with Crippen molar-refractivity contribution in [3.8, 4) is 0 Å². The summed E-state index contributed by atoms with van der Waals surface area (Å²) >= 11 is 0. The van der Waals surface area contributed by atoms with Gasteiger partial charge >= 0.3 is 0 Å². The summed E-state index contributed by atoms with van der Waals surface area (Å²) in [4.78, 5) is 5.01. The molecule has 0 amide bonds. The first kappa shape index (κ1) is 22.9. The first-order chi connectivity index (χ1) is 14.1. The van der Waals surface area contributed by atoms with E-state index in [1.165, 1.54) is 39.2 Å². The number of hydrogen-bond acceptors (Lipinski definition) is 0. The summed E-state index contributed by atoms with van der Waals surface area (Å²) in [5.41, 5.74) is 9.67. The third-order valence-electron chi connectivity index (χ3n) is 6.28. The Kier molecular flexibility index (Phi) is 6.98. The smallest absolute Gasteiger partial charge is 0.133 e. The SMILES string of the molecule is CC(C)c1cccc(C(C)C)c1N1CCN(c2c(C(C)C)cccc2C(C)C)C1=P. The van der Waals surface area contributed by atoms with Gasteiger partial charge in [-0.2, -0.15) is 0 Å². The van der Waals surface area contributed by atoms with Crippen LogP contribution in [-0.4, -0.2) is 18.6 Å². The van der Waals surface area contributed by atoms with E-state index in [0.717, 1.165) is 13.1 Å². The van der Waals surface area contributed by atoms with Gasteiger partial charge in [0, 0.05) is 24.5 Å². The second kappa shape index (κ2) is 9.15. The predicted octanol–water partition coefficient (Wildman–Crippen LogP) is 7.74. The van der Waals surface area contributed by atoms with Gasteiger partial charge in [0.05, 0.1) is 0 Å². The molecule has 3 rings (SSSR count). The summed E-state index contributed by atoms with van der Waals surface area (Å²) in [6.45, 7) is 20.4. The van der Waals surface area contributed by atoms with E-state index in [9.17, 15) is 0 Å². The van der Waals surface area contributed by atoms with Crippen LogP contribution >= 0.6 is 8.86 Å². The average molecular weight is 423 g/mol. The fraction of sp³-hybridized carbons (Fsp3) is 0.519. The van der Waals surface area contributed by atoms with Crippen molar-refractivity contribution >= 4 is 25.8 Å². The van der Waals surface area contributed by atoms with Crippen LogP contribution in [-0.2, 0) is 0 Å². The number of benzene rings is 2. The molecule has 0 unspecified atom stereocenters. The van der Waals surface area contributed by atoms with E-state index in [0.29, 0.717) is 23.7 Å². The maximum atomic E-state index is 4.11. The average Bonchev–Trinajstić information content (AvgIpc) is 3.07. The predicted molar refractivity (Wildman–Crippen MR) is 137 cm³/mol. The van der Waals surface area contributed by atoms with Crippen LogP contribution in [0.5, 0.6) is 0 Å². The van der Waals surface area contributed by atoms with Crippen LogP contribution in [0.4, 0.5) is 11.4 Å². The lowest BCUT2D eigenvalue weighted by atomic mass is 9.92. The monoisotopic (exact) mass is 422 g/mol. The van der Waals surface area contributed by atoms with Gasteiger partial charge < -0.3 is 9.80 Å². The lowest BCUT2D eigenvalue weighted by molar-refractivity contribution is 0.821. The number of para-hydroxylation sites is 2. The Hall–Kier alpha value is -1.79. The van der Waals surface area contributed by atoms with Crippen molar-refractivity contribution in [3.05, 3.63) is 58.7 Å². The molecule has 0 aliphatic carbocycles. The Balaban J connectivity index is 2.12. The Bertz CT molecular complexity index is 785. The van der Waals surface area contributed by atoms with Crippen molar-refractivity contribution in [1.82, 2.24) is 0 Å². The zero-order valence-electron chi connectivity index (χ0n) is 20.1. The summed E-state index contributed by atoms with van der Waals surface area (Å²) in [5, 5.41) is 0. The molecule has 1 fully saturated rings. The number of anilines is 2. The summed E-state index contributed by atoms with van der Waals surface area (Å²) in [7, 11) is 4.11. The van der Waals surface area contributed by atoms with Gasteiger partial charge in [-0.05, 0) is 45.9 Å². The summed E-state index contributed by atoms with van der Waals surface area (Å²) < 4.78 is 0. The van der Waals surface area contributed by atoms with Crippen molar-refractivity contribution in [1.29, 1.82) is 0 Å². The quantitative estimate of drug-likeness (QED) is 0.439. The van der Waals surface area contributed by atoms with Gasteiger partial charge in [0.15, 0.2) is 0 Å². The molecule has 0 aromatic heterocycles. The molecule has 2 aromatic carbocycles. The van der Waals surface area contributed by atoms with Crippen LogP contribution in [0.1, 0.15) is 101 Å². The third kappa shape index (κ3) is 4.17. The molecule has 2 nitrogen and oxygen atoms in total. The molecule has 162 valence electrons. The Morgan fingerprint density at radius 2 is 0.833 bits per heavy atom. The number of nitrogens with zero attached hydrogens (tertiary/aromatic N) is 2. The molecule has 0 spiro atoms. The fourth-order valence-corrected chi connectivity index (χ4v) is 5.09. The zero-order chi connectivity index (χ0) is 22.2. The van der Waals surface area contributed by atoms with Crippen LogP contribution in [0.3, 0.4) is 0 Å². The molecule has 1 heterocycles. The van der Waals surface area contributed by atoms with E-state index in [1.807, 2.05) is 0 Å². The summed E-state index contributed by atoms with van der Waals surface area (Å²) in [6.07, 6.45) is 0. The minimum atomic E-state index is 0.487. The van der Waals surface area contributed by atoms with Crippen LogP contribution in [0.25, 0.3) is 0 Å². The van der Waals surface area contributed by atoms with Crippen LogP contribution in [0.2, 0.25) is 0 Å². The van der Waals surface area contributed by atoms with Gasteiger partial charge in [-0.15, -0.1) is 0 Å². The molecule has 30 heavy (non-hydrogen) atoms. The topological polar surface area (TPSA) is 6.48 Å². The summed E-state index contributed by atoms with van der Waals surface area (Å²) in [6, 6.07) is 13.6. The van der Waals surface area contributed by atoms with Gasteiger partial charge in [0.25, 0.3) is 0 Å². The molecule has 0 atom stereocenters. The maximum Gasteiger partial charge on any atom is 0.133 e. The molecule has 2 aromatic rings. The van der Waals surface area contributed by atoms with E-state index in [-0.39, 0.29) is 0 Å².